The third-order valence-electron chi connectivity index (χ3n) is 3.14. The van der Waals surface area contributed by atoms with Crippen LogP contribution in [0.2, 0.25) is 0 Å². The molecule has 0 aliphatic rings. The number of amides is 1. The smallest absolute Gasteiger partial charge is 0.224 e. The van der Waals surface area contributed by atoms with Crippen molar-refractivity contribution in [2.24, 2.45) is 0 Å². The lowest BCUT2D eigenvalue weighted by molar-refractivity contribution is -0.121. The first kappa shape index (κ1) is 14.6. The molecule has 0 heterocycles. The quantitative estimate of drug-likeness (QED) is 0.836. The Morgan fingerprint density at radius 1 is 1.15 bits per heavy atom. The Balaban J connectivity index is 2.00. The van der Waals surface area contributed by atoms with Crippen LogP contribution in [-0.4, -0.2) is 11.8 Å². The van der Waals surface area contributed by atoms with Crippen LogP contribution in [0.25, 0.3) is 0 Å². The Morgan fingerprint density at radius 3 is 2.55 bits per heavy atom. The van der Waals surface area contributed by atoms with Gasteiger partial charge < -0.3 is 5.32 Å². The fourth-order valence-electron chi connectivity index (χ4n) is 2.15. The lowest BCUT2D eigenvalue weighted by Crippen LogP contribution is -2.30. The van der Waals surface area contributed by atoms with Crippen molar-refractivity contribution in [3.05, 3.63) is 71.3 Å². The number of rotatable bonds is 5. The molecule has 0 fully saturated rings. The van der Waals surface area contributed by atoms with Gasteiger partial charge in [-0.15, -0.1) is 11.6 Å². The predicted octanol–water partition coefficient (Wildman–Crippen LogP) is 3.63. The SMILES string of the molecule is Cc1cccc(CC(=O)NC(CCl)c2ccccc2)c1. The molecule has 0 aliphatic heterocycles. The Hall–Kier alpha value is -1.80. The minimum absolute atomic E-state index is 0.00916. The standard InChI is InChI=1S/C17H18ClNO/c1-13-6-5-7-14(10-13)11-17(20)19-16(12-18)15-8-3-2-4-9-15/h2-10,16H,11-12H2,1H3,(H,19,20). The number of nitrogens with one attached hydrogen (secondary N) is 1. The summed E-state index contributed by atoms with van der Waals surface area (Å²) in [5.74, 6) is 0.355. The highest BCUT2D eigenvalue weighted by Crippen LogP contribution is 2.14. The van der Waals surface area contributed by atoms with Crippen molar-refractivity contribution in [1.82, 2.24) is 5.32 Å². The molecule has 20 heavy (non-hydrogen) atoms. The molecule has 1 amide bonds. The molecule has 0 spiro atoms. The highest BCUT2D eigenvalue weighted by Gasteiger charge is 2.13. The molecule has 1 N–H and O–H groups in total. The van der Waals surface area contributed by atoms with Crippen molar-refractivity contribution in [2.45, 2.75) is 19.4 Å². The molecule has 1 unspecified atom stereocenters. The van der Waals surface area contributed by atoms with Gasteiger partial charge in [-0.3, -0.25) is 4.79 Å². The van der Waals surface area contributed by atoms with Gasteiger partial charge in [0.2, 0.25) is 5.91 Å². The van der Waals surface area contributed by atoms with Crippen LogP contribution in [0.1, 0.15) is 22.7 Å². The number of hydrogen-bond acceptors (Lipinski definition) is 1. The number of hydrogen-bond donors (Lipinski definition) is 1. The van der Waals surface area contributed by atoms with Crippen molar-refractivity contribution in [3.63, 3.8) is 0 Å². The van der Waals surface area contributed by atoms with Crippen LogP contribution in [-0.2, 0) is 11.2 Å². The van der Waals surface area contributed by atoms with Gasteiger partial charge in [0, 0.05) is 5.88 Å². The van der Waals surface area contributed by atoms with E-state index in [0.29, 0.717) is 12.3 Å². The van der Waals surface area contributed by atoms with Gasteiger partial charge in [-0.05, 0) is 18.1 Å². The Morgan fingerprint density at radius 2 is 1.90 bits per heavy atom. The lowest BCUT2D eigenvalue weighted by atomic mass is 10.1. The maximum absolute atomic E-state index is 12.1. The second-order valence-electron chi connectivity index (χ2n) is 4.85. The molecule has 2 rings (SSSR count). The van der Waals surface area contributed by atoms with Gasteiger partial charge in [0.1, 0.15) is 0 Å². The van der Waals surface area contributed by atoms with Crippen molar-refractivity contribution in [2.75, 3.05) is 5.88 Å². The molecule has 1 atom stereocenters. The van der Waals surface area contributed by atoms with Gasteiger partial charge in [-0.1, -0.05) is 60.2 Å². The zero-order valence-electron chi connectivity index (χ0n) is 11.5. The Bertz CT molecular complexity index is 568. The van der Waals surface area contributed by atoms with E-state index in [-0.39, 0.29) is 11.9 Å². The van der Waals surface area contributed by atoms with Crippen LogP contribution < -0.4 is 5.32 Å². The van der Waals surface area contributed by atoms with E-state index in [9.17, 15) is 4.79 Å². The van der Waals surface area contributed by atoms with Crippen molar-refractivity contribution in [1.29, 1.82) is 0 Å². The minimum Gasteiger partial charge on any atom is -0.348 e. The average molecular weight is 288 g/mol. The largest absolute Gasteiger partial charge is 0.348 e. The van der Waals surface area contributed by atoms with E-state index < -0.39 is 0 Å². The van der Waals surface area contributed by atoms with Crippen LogP contribution in [0.4, 0.5) is 0 Å². The Labute approximate surface area is 124 Å². The van der Waals surface area contributed by atoms with E-state index >= 15 is 0 Å². The van der Waals surface area contributed by atoms with Gasteiger partial charge >= 0.3 is 0 Å². The fraction of sp³-hybridized carbons (Fsp3) is 0.235. The van der Waals surface area contributed by atoms with E-state index in [4.69, 9.17) is 11.6 Å². The van der Waals surface area contributed by atoms with Crippen LogP contribution in [0, 0.1) is 6.92 Å². The molecular formula is C17H18ClNO. The lowest BCUT2D eigenvalue weighted by Gasteiger charge is -2.16. The first-order chi connectivity index (χ1) is 9.69. The number of carbonyl (C=O) groups is 1. The van der Waals surface area contributed by atoms with E-state index in [2.05, 4.69) is 5.32 Å². The first-order valence-electron chi connectivity index (χ1n) is 6.65. The normalized spacial score (nSPS) is 11.9. The molecule has 0 aromatic heterocycles. The summed E-state index contributed by atoms with van der Waals surface area (Å²) in [5, 5.41) is 2.98. The van der Waals surface area contributed by atoms with Crippen LogP contribution in [0.15, 0.2) is 54.6 Å². The van der Waals surface area contributed by atoms with Gasteiger partial charge in [0.15, 0.2) is 0 Å². The molecule has 2 aromatic carbocycles. The minimum atomic E-state index is -0.143. The number of aryl methyl sites for hydroxylation is 1. The second-order valence-corrected chi connectivity index (χ2v) is 5.16. The number of halogens is 1. The molecule has 3 heteroatoms. The zero-order valence-corrected chi connectivity index (χ0v) is 12.2. The fourth-order valence-corrected chi connectivity index (χ4v) is 2.40. The zero-order chi connectivity index (χ0) is 14.4. The summed E-state index contributed by atoms with van der Waals surface area (Å²) in [5.41, 5.74) is 3.20. The monoisotopic (exact) mass is 287 g/mol. The molecule has 104 valence electrons. The third kappa shape index (κ3) is 4.10. The number of alkyl halides is 1. The highest BCUT2D eigenvalue weighted by atomic mass is 35.5. The van der Waals surface area contributed by atoms with Crippen molar-refractivity contribution < 1.29 is 4.79 Å². The average Bonchev–Trinajstić information content (AvgIpc) is 2.45. The highest BCUT2D eigenvalue weighted by molar-refractivity contribution is 6.18. The topological polar surface area (TPSA) is 29.1 Å². The van der Waals surface area contributed by atoms with Crippen LogP contribution in [0.3, 0.4) is 0 Å². The summed E-state index contributed by atoms with van der Waals surface area (Å²) < 4.78 is 0. The predicted molar refractivity (Wildman–Crippen MR) is 82.9 cm³/mol. The molecule has 0 saturated heterocycles. The summed E-state index contributed by atoms with van der Waals surface area (Å²) >= 11 is 5.96. The molecule has 2 nitrogen and oxygen atoms in total. The number of benzene rings is 2. The van der Waals surface area contributed by atoms with E-state index in [1.54, 1.807) is 0 Å². The van der Waals surface area contributed by atoms with Crippen molar-refractivity contribution >= 4 is 17.5 Å². The summed E-state index contributed by atoms with van der Waals surface area (Å²) in [4.78, 5) is 12.1. The maximum atomic E-state index is 12.1. The molecule has 0 radical (unpaired) electrons. The summed E-state index contributed by atoms with van der Waals surface area (Å²) in [7, 11) is 0. The van der Waals surface area contributed by atoms with E-state index in [0.717, 1.165) is 16.7 Å². The van der Waals surface area contributed by atoms with Crippen molar-refractivity contribution in [3.8, 4) is 0 Å². The van der Waals surface area contributed by atoms with Crippen LogP contribution >= 0.6 is 11.6 Å². The van der Waals surface area contributed by atoms with Gasteiger partial charge in [-0.25, -0.2) is 0 Å². The Kier molecular flexibility index (Phi) is 5.19. The van der Waals surface area contributed by atoms with Gasteiger partial charge in [0.05, 0.1) is 12.5 Å². The summed E-state index contributed by atoms with van der Waals surface area (Å²) in [6.45, 7) is 2.02. The summed E-state index contributed by atoms with van der Waals surface area (Å²) in [6.07, 6.45) is 0.377. The van der Waals surface area contributed by atoms with E-state index in [1.165, 1.54) is 0 Å². The van der Waals surface area contributed by atoms with Gasteiger partial charge in [0.25, 0.3) is 0 Å². The molecule has 0 saturated carbocycles. The maximum Gasteiger partial charge on any atom is 0.224 e. The van der Waals surface area contributed by atoms with Crippen LogP contribution in [0.5, 0.6) is 0 Å². The summed E-state index contributed by atoms with van der Waals surface area (Å²) in [6, 6.07) is 17.6. The molecule has 2 aromatic rings. The number of carbonyl (C=O) groups excluding carboxylic acids is 1. The first-order valence-corrected chi connectivity index (χ1v) is 7.18. The van der Waals surface area contributed by atoms with Gasteiger partial charge in [-0.2, -0.15) is 0 Å². The third-order valence-corrected chi connectivity index (χ3v) is 3.45. The second kappa shape index (κ2) is 7.11. The molecule has 0 bridgehead atoms. The van der Waals surface area contributed by atoms with E-state index in [1.807, 2.05) is 61.5 Å². The molecule has 0 aliphatic carbocycles. The molecular weight excluding hydrogens is 270 g/mol.